The zero-order chi connectivity index (χ0) is 9.14. The number of nitrogens with zero attached hydrogens (tertiary/aromatic N) is 2. The Morgan fingerprint density at radius 2 is 1.17 bits per heavy atom. The molecule has 0 saturated carbocycles. The van der Waals surface area contributed by atoms with Crippen LogP contribution >= 0.6 is 0 Å². The van der Waals surface area contributed by atoms with Crippen molar-refractivity contribution in [1.82, 2.24) is 0 Å². The van der Waals surface area contributed by atoms with E-state index >= 15 is 0 Å². The van der Waals surface area contributed by atoms with Gasteiger partial charge in [-0.2, -0.15) is 10.2 Å². The Morgan fingerprint density at radius 3 is 1.42 bits per heavy atom. The molecule has 0 aromatic heterocycles. The van der Waals surface area contributed by atoms with Crippen LogP contribution in [0.25, 0.3) is 0 Å². The molecule has 1 aliphatic rings. The third-order valence-electron chi connectivity index (χ3n) is 2.95. The van der Waals surface area contributed by atoms with Gasteiger partial charge in [-0.05, 0) is 23.7 Å². The minimum atomic E-state index is 0.747. The van der Waals surface area contributed by atoms with Crippen molar-refractivity contribution in [3.63, 3.8) is 0 Å². The summed E-state index contributed by atoms with van der Waals surface area (Å²) in [6.07, 6.45) is 0. The summed E-state index contributed by atoms with van der Waals surface area (Å²) in [7, 11) is 0. The van der Waals surface area contributed by atoms with E-state index in [1.54, 1.807) is 0 Å². The maximum Gasteiger partial charge on any atom is 0.0632 e. The highest BCUT2D eigenvalue weighted by molar-refractivity contribution is 4.80. The van der Waals surface area contributed by atoms with Gasteiger partial charge in [0.1, 0.15) is 0 Å². The van der Waals surface area contributed by atoms with Gasteiger partial charge in [0, 0.05) is 0 Å². The van der Waals surface area contributed by atoms with Crippen molar-refractivity contribution in [3.8, 4) is 0 Å². The summed E-state index contributed by atoms with van der Waals surface area (Å²) in [4.78, 5) is 0. The van der Waals surface area contributed by atoms with Crippen LogP contribution in [0.5, 0.6) is 0 Å². The van der Waals surface area contributed by atoms with Crippen LogP contribution in [0.1, 0.15) is 27.7 Å². The van der Waals surface area contributed by atoms with Crippen molar-refractivity contribution in [1.29, 1.82) is 0 Å². The number of rotatable bonds is 2. The lowest BCUT2D eigenvalue weighted by atomic mass is 9.77. The molecule has 0 radical (unpaired) electrons. The Hall–Kier alpha value is -0.400. The van der Waals surface area contributed by atoms with Crippen LogP contribution in [0.15, 0.2) is 10.2 Å². The molecule has 0 fully saturated rings. The van der Waals surface area contributed by atoms with Crippen LogP contribution in [-0.2, 0) is 0 Å². The molecule has 0 aromatic rings. The highest BCUT2D eigenvalue weighted by atomic mass is 15.1. The van der Waals surface area contributed by atoms with E-state index in [9.17, 15) is 0 Å². The molecule has 0 N–H and O–H groups in total. The number of hydrogen-bond donors (Lipinski definition) is 0. The zero-order valence-corrected chi connectivity index (χ0v) is 8.62. The zero-order valence-electron chi connectivity index (χ0n) is 8.62. The molecule has 0 bridgehead atoms. The van der Waals surface area contributed by atoms with Gasteiger partial charge in [0.2, 0.25) is 0 Å². The minimum absolute atomic E-state index is 0.747. The van der Waals surface area contributed by atoms with Gasteiger partial charge in [-0.25, -0.2) is 0 Å². The maximum absolute atomic E-state index is 4.14. The smallest absolute Gasteiger partial charge is 0.0632 e. The first-order valence-corrected chi connectivity index (χ1v) is 4.96. The second-order valence-corrected chi connectivity index (χ2v) is 4.46. The monoisotopic (exact) mass is 168 g/mol. The van der Waals surface area contributed by atoms with Gasteiger partial charge in [-0.3, -0.25) is 0 Å². The molecule has 0 spiro atoms. The Morgan fingerprint density at radius 1 is 0.833 bits per heavy atom. The van der Waals surface area contributed by atoms with Crippen molar-refractivity contribution >= 4 is 0 Å². The molecule has 1 heterocycles. The highest BCUT2D eigenvalue weighted by Crippen LogP contribution is 2.30. The normalized spacial score (nSPS) is 30.2. The van der Waals surface area contributed by atoms with E-state index in [0.717, 1.165) is 36.8 Å². The summed E-state index contributed by atoms with van der Waals surface area (Å²) in [6, 6.07) is 0. The molecule has 2 heteroatoms. The van der Waals surface area contributed by atoms with E-state index in [2.05, 4.69) is 37.9 Å². The molecule has 2 atom stereocenters. The van der Waals surface area contributed by atoms with Crippen molar-refractivity contribution in [3.05, 3.63) is 0 Å². The van der Waals surface area contributed by atoms with Crippen LogP contribution in [0.2, 0.25) is 0 Å². The highest BCUT2D eigenvalue weighted by Gasteiger charge is 2.28. The standard InChI is InChI=1S/C10H20N2/c1-7(2)9-5-11-12-6-10(9)8(3)4/h7-10H,5-6H2,1-4H3. The second kappa shape index (κ2) is 4.01. The molecule has 1 rings (SSSR count). The van der Waals surface area contributed by atoms with E-state index in [1.807, 2.05) is 0 Å². The minimum Gasteiger partial charge on any atom is -0.194 e. The maximum atomic E-state index is 4.14. The van der Waals surface area contributed by atoms with Gasteiger partial charge in [0.25, 0.3) is 0 Å². The number of azo groups is 1. The molecular weight excluding hydrogens is 148 g/mol. The van der Waals surface area contributed by atoms with Crippen LogP contribution in [0.4, 0.5) is 0 Å². The van der Waals surface area contributed by atoms with Gasteiger partial charge in [0.05, 0.1) is 13.1 Å². The first-order chi connectivity index (χ1) is 5.63. The lowest BCUT2D eigenvalue weighted by molar-refractivity contribution is 0.188. The molecule has 0 aromatic carbocycles. The Labute approximate surface area is 75.5 Å². The summed E-state index contributed by atoms with van der Waals surface area (Å²) in [5, 5.41) is 8.27. The summed E-state index contributed by atoms with van der Waals surface area (Å²) in [6.45, 7) is 11.1. The lowest BCUT2D eigenvalue weighted by Gasteiger charge is -2.32. The predicted molar refractivity (Wildman–Crippen MR) is 51.2 cm³/mol. The fourth-order valence-corrected chi connectivity index (χ4v) is 1.99. The molecular formula is C10H20N2. The third-order valence-corrected chi connectivity index (χ3v) is 2.95. The molecule has 2 unspecified atom stereocenters. The van der Waals surface area contributed by atoms with Gasteiger partial charge in [0.15, 0.2) is 0 Å². The summed E-state index contributed by atoms with van der Waals surface area (Å²) < 4.78 is 0. The predicted octanol–water partition coefficient (Wildman–Crippen LogP) is 3.00. The molecule has 1 aliphatic heterocycles. The fourth-order valence-electron chi connectivity index (χ4n) is 1.99. The van der Waals surface area contributed by atoms with Crippen molar-refractivity contribution < 1.29 is 0 Å². The van der Waals surface area contributed by atoms with E-state index in [4.69, 9.17) is 0 Å². The molecule has 0 saturated heterocycles. The van der Waals surface area contributed by atoms with Crippen molar-refractivity contribution in [2.24, 2.45) is 33.9 Å². The molecule has 12 heavy (non-hydrogen) atoms. The first kappa shape index (κ1) is 9.69. The SMILES string of the molecule is CC(C)C1CN=NCC1C(C)C. The average Bonchev–Trinajstić information content (AvgIpc) is 2.04. The quantitative estimate of drug-likeness (QED) is 0.605. The Kier molecular flexibility index (Phi) is 3.24. The second-order valence-electron chi connectivity index (χ2n) is 4.46. The van der Waals surface area contributed by atoms with Gasteiger partial charge >= 0.3 is 0 Å². The molecule has 70 valence electrons. The van der Waals surface area contributed by atoms with Crippen LogP contribution < -0.4 is 0 Å². The Balaban J connectivity index is 2.63. The summed E-state index contributed by atoms with van der Waals surface area (Å²) in [5.74, 6) is 3.00. The largest absolute Gasteiger partial charge is 0.194 e. The van der Waals surface area contributed by atoms with Gasteiger partial charge < -0.3 is 0 Å². The van der Waals surface area contributed by atoms with Gasteiger partial charge in [-0.1, -0.05) is 27.7 Å². The first-order valence-electron chi connectivity index (χ1n) is 4.96. The van der Waals surface area contributed by atoms with Gasteiger partial charge in [-0.15, -0.1) is 0 Å². The molecule has 0 aliphatic carbocycles. The molecule has 0 amide bonds. The summed E-state index contributed by atoms with van der Waals surface area (Å²) >= 11 is 0. The summed E-state index contributed by atoms with van der Waals surface area (Å²) in [5.41, 5.74) is 0. The van der Waals surface area contributed by atoms with Crippen LogP contribution in [-0.4, -0.2) is 13.1 Å². The van der Waals surface area contributed by atoms with E-state index < -0.39 is 0 Å². The molecule has 2 nitrogen and oxygen atoms in total. The van der Waals surface area contributed by atoms with E-state index in [-0.39, 0.29) is 0 Å². The lowest BCUT2D eigenvalue weighted by Crippen LogP contribution is -2.31. The van der Waals surface area contributed by atoms with Crippen molar-refractivity contribution in [2.45, 2.75) is 27.7 Å². The third kappa shape index (κ3) is 2.05. The Bertz CT molecular complexity index is 143. The van der Waals surface area contributed by atoms with E-state index in [1.165, 1.54) is 0 Å². The van der Waals surface area contributed by atoms with Crippen molar-refractivity contribution in [2.75, 3.05) is 13.1 Å². The fraction of sp³-hybridized carbons (Fsp3) is 1.00. The topological polar surface area (TPSA) is 24.7 Å². The number of hydrogen-bond acceptors (Lipinski definition) is 2. The van der Waals surface area contributed by atoms with Crippen LogP contribution in [0, 0.1) is 23.7 Å². The van der Waals surface area contributed by atoms with E-state index in [0.29, 0.717) is 0 Å². The van der Waals surface area contributed by atoms with Crippen LogP contribution in [0.3, 0.4) is 0 Å². The average molecular weight is 168 g/mol.